The number of likely N-dealkylation sites (tertiary alicyclic amines) is 1. The summed E-state index contributed by atoms with van der Waals surface area (Å²) in [7, 11) is 1.39. The number of rotatable bonds is 10. The molecule has 5 heteroatoms. The van der Waals surface area contributed by atoms with E-state index in [0.717, 1.165) is 50.3 Å². The molecule has 1 unspecified atom stereocenters. The molecule has 0 aromatic heterocycles. The minimum Gasteiger partial charge on any atom is -0.469 e. The van der Waals surface area contributed by atoms with Crippen LogP contribution in [-0.4, -0.2) is 49.6 Å². The molecule has 5 nitrogen and oxygen atoms in total. The number of carbonyl (C=O) groups excluding carboxylic acids is 2. The first-order valence-corrected chi connectivity index (χ1v) is 13.3. The minimum atomic E-state index is -0.458. The maximum absolute atomic E-state index is 13.2. The molecular weight excluding hydrogens is 436 g/mol. The van der Waals surface area contributed by atoms with E-state index < -0.39 is 5.41 Å². The number of amides is 1. The zero-order valence-corrected chi connectivity index (χ0v) is 21.4. The summed E-state index contributed by atoms with van der Waals surface area (Å²) < 4.78 is 4.68. The summed E-state index contributed by atoms with van der Waals surface area (Å²) in [6.45, 7) is 5.21. The highest BCUT2D eigenvalue weighted by atomic mass is 16.5. The van der Waals surface area contributed by atoms with Crippen molar-refractivity contribution in [2.75, 3.05) is 26.7 Å². The van der Waals surface area contributed by atoms with Crippen molar-refractivity contribution in [1.29, 1.82) is 0 Å². The Balaban J connectivity index is 1.37. The van der Waals surface area contributed by atoms with E-state index in [-0.39, 0.29) is 11.9 Å². The number of hydrogen-bond acceptors (Lipinski definition) is 4. The monoisotopic (exact) mass is 476 g/mol. The fourth-order valence-electron chi connectivity index (χ4n) is 5.77. The van der Waals surface area contributed by atoms with E-state index in [2.05, 4.69) is 70.4 Å². The molecule has 1 atom stereocenters. The third-order valence-electron chi connectivity index (χ3n) is 8.07. The van der Waals surface area contributed by atoms with Gasteiger partial charge in [-0.1, -0.05) is 61.4 Å². The first-order valence-electron chi connectivity index (χ1n) is 13.3. The summed E-state index contributed by atoms with van der Waals surface area (Å²) in [5, 5.41) is 3.08. The highest BCUT2D eigenvalue weighted by Crippen LogP contribution is 2.42. The van der Waals surface area contributed by atoms with Crippen LogP contribution in [0.1, 0.15) is 69.4 Å². The third-order valence-corrected chi connectivity index (χ3v) is 8.07. The van der Waals surface area contributed by atoms with Crippen LogP contribution in [0.4, 0.5) is 0 Å². The van der Waals surface area contributed by atoms with Crippen LogP contribution in [-0.2, 0) is 26.2 Å². The zero-order chi connectivity index (χ0) is 24.7. The van der Waals surface area contributed by atoms with Crippen molar-refractivity contribution in [2.45, 2.75) is 76.2 Å². The second kappa shape index (κ2) is 11.9. The topological polar surface area (TPSA) is 58.6 Å². The molecule has 0 spiro atoms. The van der Waals surface area contributed by atoms with Crippen LogP contribution in [0.3, 0.4) is 0 Å². The van der Waals surface area contributed by atoms with Crippen molar-refractivity contribution < 1.29 is 14.3 Å². The van der Waals surface area contributed by atoms with E-state index in [9.17, 15) is 9.59 Å². The Morgan fingerprint density at radius 3 is 2.26 bits per heavy atom. The fraction of sp³-hybridized carbons (Fsp3) is 0.533. The Morgan fingerprint density at radius 2 is 1.66 bits per heavy atom. The lowest BCUT2D eigenvalue weighted by Gasteiger charge is -2.28. The molecule has 1 saturated carbocycles. The predicted molar refractivity (Wildman–Crippen MR) is 140 cm³/mol. The Hall–Kier alpha value is -2.66. The molecule has 35 heavy (non-hydrogen) atoms. The maximum Gasteiger partial charge on any atom is 0.305 e. The average molecular weight is 477 g/mol. The van der Waals surface area contributed by atoms with Crippen LogP contribution in [0.2, 0.25) is 0 Å². The molecule has 2 aromatic rings. The van der Waals surface area contributed by atoms with Gasteiger partial charge in [0.1, 0.15) is 0 Å². The molecule has 2 fully saturated rings. The molecule has 0 bridgehead atoms. The second-order valence-electron chi connectivity index (χ2n) is 10.3. The van der Waals surface area contributed by atoms with Crippen LogP contribution in [0.5, 0.6) is 0 Å². The summed E-state index contributed by atoms with van der Waals surface area (Å²) in [6, 6.07) is 18.2. The normalized spacial score (nSPS) is 19.5. The molecule has 2 aliphatic rings. The van der Waals surface area contributed by atoms with E-state index in [1.54, 1.807) is 0 Å². The van der Waals surface area contributed by atoms with Gasteiger partial charge in [-0.2, -0.15) is 0 Å². The Labute approximate surface area is 210 Å². The Kier molecular flexibility index (Phi) is 8.61. The molecule has 1 heterocycles. The van der Waals surface area contributed by atoms with E-state index in [1.165, 1.54) is 43.2 Å². The van der Waals surface area contributed by atoms with Crippen LogP contribution in [0.25, 0.3) is 11.1 Å². The average Bonchev–Trinajstić information content (AvgIpc) is 3.55. The Morgan fingerprint density at radius 1 is 1.00 bits per heavy atom. The number of carbonyl (C=O) groups is 2. The van der Waals surface area contributed by atoms with E-state index in [4.69, 9.17) is 0 Å². The van der Waals surface area contributed by atoms with E-state index >= 15 is 0 Å². The molecule has 1 aliphatic carbocycles. The lowest BCUT2D eigenvalue weighted by Crippen LogP contribution is -2.43. The van der Waals surface area contributed by atoms with Crippen LogP contribution in [0.15, 0.2) is 48.5 Å². The van der Waals surface area contributed by atoms with E-state index in [0.29, 0.717) is 19.4 Å². The number of nitrogens with one attached hydrogen (secondary N) is 1. The fourth-order valence-corrected chi connectivity index (χ4v) is 5.77. The zero-order valence-electron chi connectivity index (χ0n) is 21.4. The number of benzene rings is 2. The number of hydrogen-bond donors (Lipinski definition) is 1. The SMILES string of the molecule is COC(=O)CCCNC(=O)C1(c2ccc(-c3ccc(CCN4CCCC4C)cc3)cc2)CCCC1. The van der Waals surface area contributed by atoms with Crippen molar-refractivity contribution in [2.24, 2.45) is 0 Å². The lowest BCUT2D eigenvalue weighted by atomic mass is 9.77. The molecule has 1 N–H and O–H groups in total. The number of ether oxygens (including phenoxy) is 1. The first-order chi connectivity index (χ1) is 17.0. The quantitative estimate of drug-likeness (QED) is 0.375. The predicted octanol–water partition coefficient (Wildman–Crippen LogP) is 5.26. The maximum atomic E-state index is 13.2. The summed E-state index contributed by atoms with van der Waals surface area (Å²) in [5.41, 5.74) is 4.42. The van der Waals surface area contributed by atoms with Gasteiger partial charge >= 0.3 is 5.97 Å². The van der Waals surface area contributed by atoms with Crippen molar-refractivity contribution >= 4 is 11.9 Å². The molecule has 2 aromatic carbocycles. The molecule has 1 saturated heterocycles. The number of nitrogens with zero attached hydrogens (tertiary/aromatic N) is 1. The molecule has 1 aliphatic heterocycles. The van der Waals surface area contributed by atoms with Gasteiger partial charge in [0.05, 0.1) is 12.5 Å². The largest absolute Gasteiger partial charge is 0.469 e. The van der Waals surface area contributed by atoms with Gasteiger partial charge in [-0.25, -0.2) is 0 Å². The van der Waals surface area contributed by atoms with Crippen molar-refractivity contribution in [3.8, 4) is 11.1 Å². The second-order valence-corrected chi connectivity index (χ2v) is 10.3. The molecule has 4 rings (SSSR count). The van der Waals surface area contributed by atoms with Gasteiger partial charge in [-0.15, -0.1) is 0 Å². The molecule has 0 radical (unpaired) electrons. The number of esters is 1. The van der Waals surface area contributed by atoms with Gasteiger partial charge < -0.3 is 15.0 Å². The smallest absolute Gasteiger partial charge is 0.305 e. The van der Waals surface area contributed by atoms with Crippen LogP contribution < -0.4 is 5.32 Å². The first kappa shape index (κ1) is 25.4. The van der Waals surface area contributed by atoms with Crippen LogP contribution >= 0.6 is 0 Å². The van der Waals surface area contributed by atoms with Gasteiger partial charge in [0.25, 0.3) is 0 Å². The molecule has 1 amide bonds. The van der Waals surface area contributed by atoms with Gasteiger partial charge in [-0.3, -0.25) is 9.59 Å². The summed E-state index contributed by atoms with van der Waals surface area (Å²) in [4.78, 5) is 27.1. The summed E-state index contributed by atoms with van der Waals surface area (Å²) in [6.07, 6.45) is 8.56. The standard InChI is InChI=1S/C30H40N2O3/c1-23-7-6-21-32(23)22-17-24-9-11-25(12-10-24)26-13-15-27(16-14-26)30(18-3-4-19-30)29(34)31-20-5-8-28(33)35-2/h9-16,23H,3-8,17-22H2,1-2H3,(H,31,34). The van der Waals surface area contributed by atoms with Crippen molar-refractivity contribution in [1.82, 2.24) is 10.2 Å². The summed E-state index contributed by atoms with van der Waals surface area (Å²) in [5.74, 6) is -0.149. The highest BCUT2D eigenvalue weighted by molar-refractivity contribution is 5.88. The highest BCUT2D eigenvalue weighted by Gasteiger charge is 2.42. The molecule has 188 valence electrons. The number of methoxy groups -OCH3 is 1. The van der Waals surface area contributed by atoms with Crippen LogP contribution in [0, 0.1) is 0 Å². The minimum absolute atomic E-state index is 0.0873. The van der Waals surface area contributed by atoms with E-state index in [1.807, 2.05) is 0 Å². The summed E-state index contributed by atoms with van der Waals surface area (Å²) >= 11 is 0. The molecular formula is C30H40N2O3. The van der Waals surface area contributed by atoms with Gasteiger partial charge in [-0.05, 0) is 74.2 Å². The Bertz CT molecular complexity index is 978. The van der Waals surface area contributed by atoms with Crippen molar-refractivity contribution in [3.63, 3.8) is 0 Å². The van der Waals surface area contributed by atoms with Gasteiger partial charge in [0.2, 0.25) is 5.91 Å². The van der Waals surface area contributed by atoms with Crippen molar-refractivity contribution in [3.05, 3.63) is 59.7 Å². The van der Waals surface area contributed by atoms with Gasteiger partial charge in [0, 0.05) is 25.6 Å². The lowest BCUT2D eigenvalue weighted by molar-refractivity contribution is -0.140. The third kappa shape index (κ3) is 6.13. The van der Waals surface area contributed by atoms with Gasteiger partial charge in [0.15, 0.2) is 0 Å².